The van der Waals surface area contributed by atoms with Crippen molar-refractivity contribution < 1.29 is 0 Å². The van der Waals surface area contributed by atoms with E-state index in [4.69, 9.17) is 0 Å². The van der Waals surface area contributed by atoms with Crippen LogP contribution in [0.2, 0.25) is 0 Å². The van der Waals surface area contributed by atoms with Crippen molar-refractivity contribution in [3.63, 3.8) is 0 Å². The zero-order chi connectivity index (χ0) is 14.7. The van der Waals surface area contributed by atoms with Gasteiger partial charge in [-0.25, -0.2) is 0 Å². The molecule has 0 spiro atoms. The molecule has 2 aromatic rings. The van der Waals surface area contributed by atoms with Crippen molar-refractivity contribution in [3.05, 3.63) is 41.2 Å². The monoisotopic (exact) mass is 271 g/mol. The molecule has 3 nitrogen and oxygen atoms in total. The van der Waals surface area contributed by atoms with E-state index >= 15 is 0 Å². The fourth-order valence-corrected chi connectivity index (χ4v) is 2.71. The van der Waals surface area contributed by atoms with Gasteiger partial charge in [-0.1, -0.05) is 38.1 Å². The van der Waals surface area contributed by atoms with Crippen LogP contribution in [0.4, 0.5) is 0 Å². The second-order valence-electron chi connectivity index (χ2n) is 5.23. The fraction of sp³-hybridized carbons (Fsp3) is 0.471. The number of rotatable bonds is 5. The third kappa shape index (κ3) is 2.63. The molecule has 0 fully saturated rings. The molecule has 20 heavy (non-hydrogen) atoms. The maximum absolute atomic E-state index is 4.65. The Morgan fingerprint density at radius 3 is 2.30 bits per heavy atom. The highest BCUT2D eigenvalue weighted by Crippen LogP contribution is 2.29. The molecule has 2 rings (SSSR count). The van der Waals surface area contributed by atoms with Crippen LogP contribution >= 0.6 is 0 Å². The van der Waals surface area contributed by atoms with Gasteiger partial charge in [-0.3, -0.25) is 4.68 Å². The Morgan fingerprint density at radius 2 is 1.80 bits per heavy atom. The molecule has 0 aliphatic rings. The van der Waals surface area contributed by atoms with E-state index < -0.39 is 0 Å². The highest BCUT2D eigenvalue weighted by atomic mass is 15.3. The molecule has 0 amide bonds. The minimum absolute atomic E-state index is 0.384. The average molecular weight is 271 g/mol. The van der Waals surface area contributed by atoms with E-state index in [2.05, 4.69) is 55.5 Å². The number of nitrogens with zero attached hydrogens (tertiary/aromatic N) is 2. The molecule has 108 valence electrons. The van der Waals surface area contributed by atoms with E-state index in [-0.39, 0.29) is 0 Å². The van der Waals surface area contributed by atoms with Gasteiger partial charge in [-0.15, -0.1) is 0 Å². The first-order valence-electron chi connectivity index (χ1n) is 7.44. The smallest absolute Gasteiger partial charge is 0.0703 e. The summed E-state index contributed by atoms with van der Waals surface area (Å²) in [6, 6.07) is 9.25. The molecule has 3 heteroatoms. The van der Waals surface area contributed by atoms with Crippen molar-refractivity contribution in [2.45, 2.75) is 39.7 Å². The highest BCUT2D eigenvalue weighted by Gasteiger charge is 2.15. The number of hydrogen-bond acceptors (Lipinski definition) is 2. The van der Waals surface area contributed by atoms with Crippen LogP contribution in [0.3, 0.4) is 0 Å². The first-order chi connectivity index (χ1) is 9.62. The lowest BCUT2D eigenvalue weighted by molar-refractivity contribution is 0.652. The van der Waals surface area contributed by atoms with Gasteiger partial charge < -0.3 is 5.32 Å². The molecule has 0 saturated carbocycles. The average Bonchev–Trinajstić information content (AvgIpc) is 2.82. The molecule has 1 N–H and O–H groups in total. The van der Waals surface area contributed by atoms with Gasteiger partial charge in [0.25, 0.3) is 0 Å². The van der Waals surface area contributed by atoms with Gasteiger partial charge in [0.05, 0.1) is 5.69 Å². The highest BCUT2D eigenvalue weighted by molar-refractivity contribution is 5.69. The van der Waals surface area contributed by atoms with E-state index in [0.717, 1.165) is 12.8 Å². The van der Waals surface area contributed by atoms with Crippen molar-refractivity contribution in [2.75, 3.05) is 7.05 Å². The second kappa shape index (κ2) is 6.23. The SMILES string of the molecule is CCc1nn(C)c(CC)c1-c1ccc(C(C)NC)cc1. The van der Waals surface area contributed by atoms with Crippen molar-refractivity contribution in [1.29, 1.82) is 0 Å². The van der Waals surface area contributed by atoms with Crippen LogP contribution < -0.4 is 5.32 Å². The van der Waals surface area contributed by atoms with Crippen LogP contribution in [-0.4, -0.2) is 16.8 Å². The molecule has 0 bridgehead atoms. The summed E-state index contributed by atoms with van der Waals surface area (Å²) in [5.41, 5.74) is 6.42. The fourth-order valence-electron chi connectivity index (χ4n) is 2.71. The largest absolute Gasteiger partial charge is 0.313 e. The summed E-state index contributed by atoms with van der Waals surface area (Å²) in [5.74, 6) is 0. The van der Waals surface area contributed by atoms with Crippen LogP contribution in [-0.2, 0) is 19.9 Å². The summed E-state index contributed by atoms with van der Waals surface area (Å²) in [6.07, 6.45) is 1.98. The van der Waals surface area contributed by atoms with E-state index in [0.29, 0.717) is 6.04 Å². The Bertz CT molecular complexity index is 567. The summed E-state index contributed by atoms with van der Waals surface area (Å²) in [4.78, 5) is 0. The topological polar surface area (TPSA) is 29.9 Å². The zero-order valence-corrected chi connectivity index (χ0v) is 13.2. The van der Waals surface area contributed by atoms with Crippen molar-refractivity contribution >= 4 is 0 Å². The van der Waals surface area contributed by atoms with Crippen molar-refractivity contribution in [2.24, 2.45) is 7.05 Å². The Balaban J connectivity index is 2.46. The molecule has 0 radical (unpaired) electrons. The Kier molecular flexibility index (Phi) is 4.61. The predicted octanol–water partition coefficient (Wildman–Crippen LogP) is 3.49. The van der Waals surface area contributed by atoms with Crippen LogP contribution in [0.5, 0.6) is 0 Å². The third-order valence-electron chi connectivity index (χ3n) is 4.04. The summed E-state index contributed by atoms with van der Waals surface area (Å²) in [5, 5.41) is 7.93. The maximum atomic E-state index is 4.65. The molecule has 1 aromatic carbocycles. The minimum atomic E-state index is 0.384. The van der Waals surface area contributed by atoms with Crippen LogP contribution in [0, 0.1) is 0 Å². The normalized spacial score (nSPS) is 12.7. The van der Waals surface area contributed by atoms with Crippen molar-refractivity contribution in [1.82, 2.24) is 15.1 Å². The van der Waals surface area contributed by atoms with Crippen LogP contribution in [0.25, 0.3) is 11.1 Å². The zero-order valence-electron chi connectivity index (χ0n) is 13.2. The Morgan fingerprint density at radius 1 is 1.15 bits per heavy atom. The van der Waals surface area contributed by atoms with Gasteiger partial charge in [-0.2, -0.15) is 5.10 Å². The number of hydrogen-bond donors (Lipinski definition) is 1. The van der Waals surface area contributed by atoms with Crippen LogP contribution in [0.1, 0.15) is 43.8 Å². The van der Waals surface area contributed by atoms with Gasteiger partial charge in [0.2, 0.25) is 0 Å². The van der Waals surface area contributed by atoms with Gasteiger partial charge in [0.1, 0.15) is 0 Å². The lowest BCUT2D eigenvalue weighted by Crippen LogP contribution is -2.11. The first kappa shape index (κ1) is 14.8. The summed E-state index contributed by atoms with van der Waals surface area (Å²) in [6.45, 7) is 6.54. The molecule has 1 unspecified atom stereocenters. The van der Waals surface area contributed by atoms with Gasteiger partial charge in [0.15, 0.2) is 0 Å². The summed E-state index contributed by atoms with van der Waals surface area (Å²) >= 11 is 0. The molecule has 0 aliphatic heterocycles. The number of nitrogens with one attached hydrogen (secondary N) is 1. The molecular weight excluding hydrogens is 246 g/mol. The Labute approximate surface area is 122 Å². The quantitative estimate of drug-likeness (QED) is 0.902. The predicted molar refractivity (Wildman–Crippen MR) is 84.9 cm³/mol. The number of aryl methyl sites for hydroxylation is 2. The van der Waals surface area contributed by atoms with E-state index in [1.54, 1.807) is 0 Å². The van der Waals surface area contributed by atoms with E-state index in [1.165, 1.54) is 28.1 Å². The lowest BCUT2D eigenvalue weighted by Gasteiger charge is -2.12. The minimum Gasteiger partial charge on any atom is -0.313 e. The van der Waals surface area contributed by atoms with E-state index in [1.807, 2.05) is 18.8 Å². The van der Waals surface area contributed by atoms with E-state index in [9.17, 15) is 0 Å². The molecule has 0 saturated heterocycles. The molecule has 1 atom stereocenters. The number of benzene rings is 1. The van der Waals surface area contributed by atoms with Crippen LogP contribution in [0.15, 0.2) is 24.3 Å². The molecule has 1 aromatic heterocycles. The van der Waals surface area contributed by atoms with Gasteiger partial charge >= 0.3 is 0 Å². The second-order valence-corrected chi connectivity index (χ2v) is 5.23. The maximum Gasteiger partial charge on any atom is 0.0703 e. The van der Waals surface area contributed by atoms with Gasteiger partial charge in [0, 0.05) is 24.3 Å². The van der Waals surface area contributed by atoms with Crippen molar-refractivity contribution in [3.8, 4) is 11.1 Å². The summed E-state index contributed by atoms with van der Waals surface area (Å²) in [7, 11) is 4.03. The first-order valence-corrected chi connectivity index (χ1v) is 7.44. The van der Waals surface area contributed by atoms with Gasteiger partial charge in [-0.05, 0) is 37.9 Å². The Hall–Kier alpha value is -1.61. The third-order valence-corrected chi connectivity index (χ3v) is 4.04. The molecular formula is C17H25N3. The number of aromatic nitrogens is 2. The summed E-state index contributed by atoms with van der Waals surface area (Å²) < 4.78 is 2.03. The molecule has 1 heterocycles. The standard InChI is InChI=1S/C17H25N3/c1-6-15-17(16(7-2)20(5)19-15)14-10-8-13(9-11-14)12(3)18-4/h8-12,18H,6-7H2,1-5H3. The lowest BCUT2D eigenvalue weighted by atomic mass is 9.98. The molecule has 0 aliphatic carbocycles.